The fourth-order valence-corrected chi connectivity index (χ4v) is 0.697. The summed E-state index contributed by atoms with van der Waals surface area (Å²) < 4.78 is 0. The van der Waals surface area contributed by atoms with Gasteiger partial charge in [-0.05, 0) is 31.2 Å². The first-order chi connectivity index (χ1) is 5.33. The zero-order chi connectivity index (χ0) is 8.10. The predicted molar refractivity (Wildman–Crippen MR) is 48.6 cm³/mol. The number of nitrogens with one attached hydrogen (secondary N) is 1. The van der Waals surface area contributed by atoms with Crippen molar-refractivity contribution in [2.75, 3.05) is 11.2 Å². The Morgan fingerprint density at radius 3 is 2.55 bits per heavy atom. The summed E-state index contributed by atoms with van der Waals surface area (Å²) in [5.41, 5.74) is 10.0. The van der Waals surface area contributed by atoms with Crippen molar-refractivity contribution >= 4 is 17.6 Å². The van der Waals surface area contributed by atoms with E-state index in [4.69, 9.17) is 5.73 Å². The molecule has 0 amide bonds. The van der Waals surface area contributed by atoms with Crippen LogP contribution >= 0.6 is 0 Å². The Morgan fingerprint density at radius 2 is 2.00 bits per heavy atom. The molecular formula is C8H11N3. The van der Waals surface area contributed by atoms with Crippen LogP contribution in [-0.4, -0.2) is 6.21 Å². The molecule has 0 aromatic heterocycles. The van der Waals surface area contributed by atoms with Gasteiger partial charge >= 0.3 is 0 Å². The number of nitrogens with two attached hydrogens (primary N) is 1. The molecule has 3 heteroatoms. The average Bonchev–Trinajstić information content (AvgIpc) is 2.04. The molecule has 0 saturated carbocycles. The van der Waals surface area contributed by atoms with Gasteiger partial charge in [0.2, 0.25) is 0 Å². The Balaban J connectivity index is 2.66. The summed E-state index contributed by atoms with van der Waals surface area (Å²) in [5, 5.41) is 3.86. The fourth-order valence-electron chi connectivity index (χ4n) is 0.697. The molecule has 0 heterocycles. The molecule has 1 aromatic carbocycles. The van der Waals surface area contributed by atoms with Crippen LogP contribution in [0.1, 0.15) is 6.92 Å². The SMILES string of the molecule is C/C=N\Nc1ccc(N)cc1. The number of hydrogen-bond acceptors (Lipinski definition) is 3. The molecule has 0 bridgehead atoms. The lowest BCUT2D eigenvalue weighted by molar-refractivity contribution is 1.35. The largest absolute Gasteiger partial charge is 0.399 e. The third kappa shape index (κ3) is 2.29. The van der Waals surface area contributed by atoms with Crippen LogP contribution in [0.15, 0.2) is 29.4 Å². The van der Waals surface area contributed by atoms with E-state index in [0.29, 0.717) is 0 Å². The van der Waals surface area contributed by atoms with Gasteiger partial charge in [0.25, 0.3) is 0 Å². The predicted octanol–water partition coefficient (Wildman–Crippen LogP) is 1.69. The molecule has 1 aromatic rings. The number of nitrogen functional groups attached to an aromatic ring is 1. The maximum Gasteiger partial charge on any atom is 0.0563 e. The van der Waals surface area contributed by atoms with E-state index in [9.17, 15) is 0 Å². The van der Waals surface area contributed by atoms with E-state index in [2.05, 4.69) is 10.5 Å². The van der Waals surface area contributed by atoms with Crippen molar-refractivity contribution in [3.05, 3.63) is 24.3 Å². The molecule has 58 valence electrons. The summed E-state index contributed by atoms with van der Waals surface area (Å²) in [5.74, 6) is 0. The molecule has 0 fully saturated rings. The Kier molecular flexibility index (Phi) is 2.49. The molecule has 0 unspecified atom stereocenters. The highest BCUT2D eigenvalue weighted by atomic mass is 15.3. The molecule has 0 saturated heterocycles. The van der Waals surface area contributed by atoms with Crippen molar-refractivity contribution in [1.82, 2.24) is 0 Å². The fraction of sp³-hybridized carbons (Fsp3) is 0.125. The molecule has 0 spiro atoms. The van der Waals surface area contributed by atoms with Crippen molar-refractivity contribution in [2.45, 2.75) is 6.92 Å². The lowest BCUT2D eigenvalue weighted by atomic mass is 10.3. The van der Waals surface area contributed by atoms with Crippen molar-refractivity contribution in [1.29, 1.82) is 0 Å². The Hall–Kier alpha value is -1.51. The van der Waals surface area contributed by atoms with Gasteiger partial charge in [-0.15, -0.1) is 0 Å². The zero-order valence-corrected chi connectivity index (χ0v) is 6.41. The zero-order valence-electron chi connectivity index (χ0n) is 6.41. The molecule has 0 atom stereocenters. The lowest BCUT2D eigenvalue weighted by Crippen LogP contribution is -1.88. The second-order valence-electron chi connectivity index (χ2n) is 2.12. The number of anilines is 2. The highest BCUT2D eigenvalue weighted by Crippen LogP contribution is 2.09. The quantitative estimate of drug-likeness (QED) is 0.382. The van der Waals surface area contributed by atoms with Crippen molar-refractivity contribution < 1.29 is 0 Å². The van der Waals surface area contributed by atoms with E-state index in [1.54, 1.807) is 6.21 Å². The van der Waals surface area contributed by atoms with E-state index in [0.717, 1.165) is 11.4 Å². The summed E-state index contributed by atoms with van der Waals surface area (Å²) in [6.07, 6.45) is 1.69. The number of nitrogens with zero attached hydrogens (tertiary/aromatic N) is 1. The molecule has 0 aliphatic heterocycles. The average molecular weight is 149 g/mol. The molecule has 0 radical (unpaired) electrons. The van der Waals surface area contributed by atoms with Gasteiger partial charge < -0.3 is 5.73 Å². The van der Waals surface area contributed by atoms with E-state index in [1.165, 1.54) is 0 Å². The minimum absolute atomic E-state index is 0.760. The van der Waals surface area contributed by atoms with Gasteiger partial charge in [-0.3, -0.25) is 5.43 Å². The van der Waals surface area contributed by atoms with Crippen LogP contribution in [0.3, 0.4) is 0 Å². The van der Waals surface area contributed by atoms with Gasteiger partial charge in [-0.25, -0.2) is 0 Å². The molecular weight excluding hydrogens is 138 g/mol. The van der Waals surface area contributed by atoms with Gasteiger partial charge in [0.15, 0.2) is 0 Å². The maximum absolute atomic E-state index is 5.49. The number of rotatable bonds is 2. The minimum Gasteiger partial charge on any atom is -0.399 e. The van der Waals surface area contributed by atoms with E-state index in [-0.39, 0.29) is 0 Å². The number of hydrazone groups is 1. The van der Waals surface area contributed by atoms with E-state index >= 15 is 0 Å². The van der Waals surface area contributed by atoms with Gasteiger partial charge in [0.1, 0.15) is 0 Å². The summed E-state index contributed by atoms with van der Waals surface area (Å²) in [6.45, 7) is 1.85. The van der Waals surface area contributed by atoms with E-state index in [1.807, 2.05) is 31.2 Å². The first-order valence-corrected chi connectivity index (χ1v) is 3.42. The molecule has 0 aliphatic rings. The van der Waals surface area contributed by atoms with Crippen molar-refractivity contribution in [3.8, 4) is 0 Å². The minimum atomic E-state index is 0.760. The molecule has 1 rings (SSSR count). The van der Waals surface area contributed by atoms with Gasteiger partial charge in [0.05, 0.1) is 5.69 Å². The van der Waals surface area contributed by atoms with Gasteiger partial charge in [-0.1, -0.05) is 0 Å². The van der Waals surface area contributed by atoms with Crippen LogP contribution in [0.25, 0.3) is 0 Å². The maximum atomic E-state index is 5.49. The van der Waals surface area contributed by atoms with Gasteiger partial charge in [0, 0.05) is 11.9 Å². The van der Waals surface area contributed by atoms with Crippen LogP contribution in [0.5, 0.6) is 0 Å². The van der Waals surface area contributed by atoms with Crippen LogP contribution in [-0.2, 0) is 0 Å². The Labute approximate surface area is 65.9 Å². The Bertz CT molecular complexity index is 238. The van der Waals surface area contributed by atoms with Crippen LogP contribution < -0.4 is 11.2 Å². The van der Waals surface area contributed by atoms with Gasteiger partial charge in [-0.2, -0.15) is 5.10 Å². The third-order valence-electron chi connectivity index (χ3n) is 1.23. The first-order valence-electron chi connectivity index (χ1n) is 3.42. The van der Waals surface area contributed by atoms with E-state index < -0.39 is 0 Å². The second-order valence-corrected chi connectivity index (χ2v) is 2.12. The second kappa shape index (κ2) is 3.61. The van der Waals surface area contributed by atoms with Crippen LogP contribution in [0.2, 0.25) is 0 Å². The first kappa shape index (κ1) is 7.60. The smallest absolute Gasteiger partial charge is 0.0563 e. The molecule has 11 heavy (non-hydrogen) atoms. The summed E-state index contributed by atoms with van der Waals surface area (Å²) >= 11 is 0. The van der Waals surface area contributed by atoms with Crippen LogP contribution in [0, 0.1) is 0 Å². The molecule has 3 N–H and O–H groups in total. The highest BCUT2D eigenvalue weighted by Gasteiger charge is 1.86. The number of benzene rings is 1. The standard InChI is InChI=1S/C8H11N3/c1-2-10-11-8-5-3-7(9)4-6-8/h2-6,11H,9H2,1H3/b10-2-. The number of hydrogen-bond donors (Lipinski definition) is 2. The molecule has 3 nitrogen and oxygen atoms in total. The van der Waals surface area contributed by atoms with Crippen LogP contribution in [0.4, 0.5) is 11.4 Å². The monoisotopic (exact) mass is 149 g/mol. The summed E-state index contributed by atoms with van der Waals surface area (Å²) in [7, 11) is 0. The highest BCUT2D eigenvalue weighted by molar-refractivity contribution is 5.57. The topological polar surface area (TPSA) is 50.4 Å². The van der Waals surface area contributed by atoms with Crippen molar-refractivity contribution in [3.63, 3.8) is 0 Å². The molecule has 0 aliphatic carbocycles. The summed E-state index contributed by atoms with van der Waals surface area (Å²) in [6, 6.07) is 7.41. The lowest BCUT2D eigenvalue weighted by Gasteiger charge is -1.98. The van der Waals surface area contributed by atoms with Crippen molar-refractivity contribution in [2.24, 2.45) is 5.10 Å². The third-order valence-corrected chi connectivity index (χ3v) is 1.23. The Morgan fingerprint density at radius 1 is 1.36 bits per heavy atom. The normalized spacial score (nSPS) is 10.3. The summed E-state index contributed by atoms with van der Waals surface area (Å²) in [4.78, 5) is 0.